The summed E-state index contributed by atoms with van der Waals surface area (Å²) in [6.45, 7) is 2.24. The summed E-state index contributed by atoms with van der Waals surface area (Å²) in [5.41, 5.74) is 1.57. The average molecular weight is 472 g/mol. The molecular weight excluding hydrogens is 438 g/mol. The number of carboxylic acid groups (broad SMARTS) is 1. The highest BCUT2D eigenvalue weighted by Crippen LogP contribution is 2.46. The van der Waals surface area contributed by atoms with E-state index in [9.17, 15) is 14.7 Å². The quantitative estimate of drug-likeness (QED) is 0.481. The molecule has 1 N–H and O–H groups in total. The van der Waals surface area contributed by atoms with Crippen LogP contribution in [0.3, 0.4) is 0 Å². The zero-order chi connectivity index (χ0) is 23.4. The molecule has 0 aliphatic heterocycles. The molecule has 0 radical (unpaired) electrons. The van der Waals surface area contributed by atoms with Gasteiger partial charge in [0.25, 0.3) is 0 Å². The van der Waals surface area contributed by atoms with E-state index in [4.69, 9.17) is 9.47 Å². The van der Waals surface area contributed by atoms with E-state index in [1.54, 1.807) is 7.11 Å². The van der Waals surface area contributed by atoms with Crippen molar-refractivity contribution in [3.05, 3.63) is 36.4 Å². The van der Waals surface area contributed by atoms with Crippen molar-refractivity contribution in [3.63, 3.8) is 0 Å². The third-order valence-electron chi connectivity index (χ3n) is 7.12. The molecule has 0 bridgehead atoms. The van der Waals surface area contributed by atoms with Gasteiger partial charge in [0, 0.05) is 23.9 Å². The highest BCUT2D eigenvalue weighted by atomic mass is 32.1. The van der Waals surface area contributed by atoms with Crippen LogP contribution in [0.25, 0.3) is 10.4 Å². The van der Waals surface area contributed by atoms with E-state index in [2.05, 4.69) is 6.92 Å². The summed E-state index contributed by atoms with van der Waals surface area (Å²) in [5.74, 6) is 0.728. The highest BCUT2D eigenvalue weighted by Gasteiger charge is 2.37. The van der Waals surface area contributed by atoms with Gasteiger partial charge in [-0.3, -0.25) is 4.79 Å². The number of amides is 1. The molecule has 1 heterocycles. The molecule has 2 aliphatic rings. The van der Waals surface area contributed by atoms with E-state index in [0.717, 1.165) is 61.8 Å². The first-order chi connectivity index (χ1) is 16.0. The van der Waals surface area contributed by atoms with Crippen molar-refractivity contribution >= 4 is 29.1 Å². The van der Waals surface area contributed by atoms with Gasteiger partial charge in [0.1, 0.15) is 0 Å². The summed E-state index contributed by atoms with van der Waals surface area (Å²) in [7, 11) is 1.74. The molecule has 0 atom stereocenters. The number of hydrogen-bond acceptors (Lipinski definition) is 5. The lowest BCUT2D eigenvalue weighted by atomic mass is 9.81. The maximum atomic E-state index is 13.9. The molecule has 6 nitrogen and oxygen atoms in total. The molecule has 178 valence electrons. The minimum Gasteiger partial charge on any atom is -0.449 e. The molecule has 2 saturated carbocycles. The van der Waals surface area contributed by atoms with Crippen LogP contribution < -0.4 is 9.64 Å². The van der Waals surface area contributed by atoms with Gasteiger partial charge < -0.3 is 19.5 Å². The van der Waals surface area contributed by atoms with Crippen LogP contribution in [0.5, 0.6) is 5.06 Å². The van der Waals surface area contributed by atoms with Gasteiger partial charge in [-0.25, -0.2) is 4.79 Å². The molecule has 1 aromatic heterocycles. The van der Waals surface area contributed by atoms with Gasteiger partial charge in [0.2, 0.25) is 11.0 Å². The SMILES string of the molecule is COC1CCC(N(C(=O)C2CCC(C)CC2)c2cc(-c3ccccc3)sc2OC(=O)O)CC1. The molecule has 0 unspecified atom stereocenters. The fraction of sp³-hybridized carbons (Fsp3) is 0.538. The maximum Gasteiger partial charge on any atom is 0.512 e. The number of hydrogen-bond donors (Lipinski definition) is 1. The second kappa shape index (κ2) is 10.7. The van der Waals surface area contributed by atoms with Crippen LogP contribution in [0.4, 0.5) is 10.5 Å². The van der Waals surface area contributed by atoms with Crippen LogP contribution >= 0.6 is 11.3 Å². The number of ether oxygens (including phenoxy) is 2. The lowest BCUT2D eigenvalue weighted by molar-refractivity contribution is -0.124. The Kier molecular flexibility index (Phi) is 7.71. The predicted molar refractivity (Wildman–Crippen MR) is 130 cm³/mol. The van der Waals surface area contributed by atoms with Crippen LogP contribution in [0.1, 0.15) is 58.3 Å². The van der Waals surface area contributed by atoms with E-state index in [1.807, 2.05) is 41.3 Å². The molecular formula is C26H33NO5S. The van der Waals surface area contributed by atoms with E-state index >= 15 is 0 Å². The maximum absolute atomic E-state index is 13.9. The van der Waals surface area contributed by atoms with Crippen molar-refractivity contribution in [2.45, 2.75) is 70.4 Å². The molecule has 2 fully saturated rings. The number of rotatable bonds is 6. The van der Waals surface area contributed by atoms with E-state index in [-0.39, 0.29) is 29.0 Å². The Bertz CT molecular complexity index is 943. The zero-order valence-corrected chi connectivity index (χ0v) is 20.2. The Balaban J connectivity index is 1.71. The first-order valence-corrected chi connectivity index (χ1v) is 12.7. The van der Waals surface area contributed by atoms with Crippen molar-refractivity contribution in [1.82, 2.24) is 0 Å². The van der Waals surface area contributed by atoms with Gasteiger partial charge in [-0.05, 0) is 68.9 Å². The molecule has 2 aliphatic carbocycles. The molecule has 2 aromatic rings. The van der Waals surface area contributed by atoms with E-state index in [0.29, 0.717) is 11.6 Å². The van der Waals surface area contributed by atoms with Crippen LogP contribution in [0.15, 0.2) is 36.4 Å². The molecule has 1 aromatic carbocycles. The monoisotopic (exact) mass is 471 g/mol. The summed E-state index contributed by atoms with van der Waals surface area (Å²) >= 11 is 1.28. The third kappa shape index (κ3) is 5.58. The number of methoxy groups -OCH3 is 1. The van der Waals surface area contributed by atoms with E-state index < -0.39 is 6.16 Å². The number of thiophene rings is 1. The van der Waals surface area contributed by atoms with Crippen LogP contribution in [0, 0.1) is 11.8 Å². The first-order valence-electron chi connectivity index (χ1n) is 11.9. The average Bonchev–Trinajstić information content (AvgIpc) is 3.23. The predicted octanol–water partition coefficient (Wildman–Crippen LogP) is 6.59. The van der Waals surface area contributed by atoms with Gasteiger partial charge in [-0.2, -0.15) is 0 Å². The number of anilines is 1. The normalized spacial score (nSPS) is 25.4. The molecule has 0 saturated heterocycles. The second-order valence-corrected chi connectivity index (χ2v) is 10.4. The number of carbonyl (C=O) groups excluding carboxylic acids is 1. The molecule has 1 amide bonds. The lowest BCUT2D eigenvalue weighted by Crippen LogP contribution is -2.46. The summed E-state index contributed by atoms with van der Waals surface area (Å²) in [4.78, 5) is 28.2. The van der Waals surface area contributed by atoms with Crippen LogP contribution in [-0.4, -0.2) is 36.4 Å². The van der Waals surface area contributed by atoms with Crippen molar-refractivity contribution in [3.8, 4) is 15.5 Å². The minimum absolute atomic E-state index is 0.0117. The molecule has 33 heavy (non-hydrogen) atoms. The fourth-order valence-electron chi connectivity index (χ4n) is 5.17. The minimum atomic E-state index is -1.36. The van der Waals surface area contributed by atoms with Crippen molar-refractivity contribution in [2.75, 3.05) is 12.0 Å². The summed E-state index contributed by atoms with van der Waals surface area (Å²) in [5, 5.41) is 9.68. The van der Waals surface area contributed by atoms with Gasteiger partial charge in [-0.15, -0.1) is 0 Å². The Morgan fingerprint density at radius 1 is 1.00 bits per heavy atom. The van der Waals surface area contributed by atoms with Gasteiger partial charge >= 0.3 is 6.16 Å². The summed E-state index contributed by atoms with van der Waals surface area (Å²) < 4.78 is 10.8. The van der Waals surface area contributed by atoms with Gasteiger partial charge in [-0.1, -0.05) is 48.6 Å². The fourth-order valence-corrected chi connectivity index (χ4v) is 6.17. The zero-order valence-electron chi connectivity index (χ0n) is 19.4. The van der Waals surface area contributed by atoms with Gasteiger partial charge in [0.15, 0.2) is 0 Å². The van der Waals surface area contributed by atoms with Crippen molar-refractivity contribution in [1.29, 1.82) is 0 Å². The molecule has 4 rings (SSSR count). The highest BCUT2D eigenvalue weighted by molar-refractivity contribution is 7.18. The molecule has 7 heteroatoms. The molecule has 0 spiro atoms. The summed E-state index contributed by atoms with van der Waals surface area (Å²) in [6, 6.07) is 11.8. The number of benzene rings is 1. The standard InChI is InChI=1S/C26H33NO5S/c1-17-8-10-19(11-9-17)24(28)27(20-12-14-21(31-2)15-13-20)22-16-23(18-6-4-3-5-7-18)33-25(22)32-26(29)30/h3-7,16-17,19-21H,8-15H2,1-2H3,(H,29,30). The Morgan fingerprint density at radius 2 is 1.67 bits per heavy atom. The Labute approximate surface area is 199 Å². The van der Waals surface area contributed by atoms with Crippen molar-refractivity contribution < 1.29 is 24.2 Å². The lowest BCUT2D eigenvalue weighted by Gasteiger charge is -2.39. The first kappa shape index (κ1) is 23.8. The third-order valence-corrected chi connectivity index (χ3v) is 8.17. The number of carbonyl (C=O) groups is 2. The van der Waals surface area contributed by atoms with Crippen LogP contribution in [0.2, 0.25) is 0 Å². The van der Waals surface area contributed by atoms with Crippen molar-refractivity contribution in [2.24, 2.45) is 11.8 Å². The van der Waals surface area contributed by atoms with E-state index in [1.165, 1.54) is 11.3 Å². The second-order valence-electron chi connectivity index (χ2n) is 9.35. The van der Waals surface area contributed by atoms with Gasteiger partial charge in [0.05, 0.1) is 11.8 Å². The summed E-state index contributed by atoms with van der Waals surface area (Å²) in [6.07, 6.45) is 6.16. The largest absolute Gasteiger partial charge is 0.512 e. The smallest absolute Gasteiger partial charge is 0.449 e. The van der Waals surface area contributed by atoms with Crippen LogP contribution in [-0.2, 0) is 9.53 Å². The Hall–Kier alpha value is -2.38. The number of nitrogens with zero attached hydrogens (tertiary/aromatic N) is 1. The Morgan fingerprint density at radius 3 is 2.27 bits per heavy atom. The topological polar surface area (TPSA) is 76.1 Å².